The van der Waals surface area contributed by atoms with Crippen LogP contribution in [0.15, 0.2) is 24.3 Å². The van der Waals surface area contributed by atoms with Crippen molar-refractivity contribution in [3.63, 3.8) is 0 Å². The van der Waals surface area contributed by atoms with Crippen molar-refractivity contribution < 1.29 is 19.4 Å². The highest BCUT2D eigenvalue weighted by atomic mass is 16.5. The molecule has 0 saturated carbocycles. The van der Waals surface area contributed by atoms with Gasteiger partial charge in [-0.25, -0.2) is 9.59 Å². The Balaban J connectivity index is 2.34. The number of amides is 1. The lowest BCUT2D eigenvalue weighted by atomic mass is 9.90. The van der Waals surface area contributed by atoms with Crippen LogP contribution in [0.25, 0.3) is 6.08 Å². The largest absolute Gasteiger partial charge is 0.466 e. The van der Waals surface area contributed by atoms with Crippen LogP contribution >= 0.6 is 0 Å². The molecule has 1 aromatic rings. The van der Waals surface area contributed by atoms with Crippen LogP contribution in [-0.4, -0.2) is 35.7 Å². The van der Waals surface area contributed by atoms with Crippen LogP contribution in [0.4, 0.5) is 4.79 Å². The van der Waals surface area contributed by atoms with E-state index in [-0.39, 0.29) is 6.04 Å². The van der Waals surface area contributed by atoms with Crippen LogP contribution < -0.4 is 0 Å². The molecule has 1 aliphatic rings. The molecule has 2 rings (SSSR count). The number of methoxy groups -OCH3 is 1. The summed E-state index contributed by atoms with van der Waals surface area (Å²) in [6.45, 7) is 2.34. The maximum Gasteiger partial charge on any atom is 0.407 e. The van der Waals surface area contributed by atoms with Crippen molar-refractivity contribution in [2.45, 2.75) is 19.4 Å². The summed E-state index contributed by atoms with van der Waals surface area (Å²) in [7, 11) is 1.33. The number of ether oxygens (including phenoxy) is 1. The molecular formula is C15H17NO4. The molecule has 106 valence electrons. The van der Waals surface area contributed by atoms with Gasteiger partial charge in [-0.2, -0.15) is 0 Å². The minimum absolute atomic E-state index is 0.178. The lowest BCUT2D eigenvalue weighted by Crippen LogP contribution is -2.38. The van der Waals surface area contributed by atoms with Gasteiger partial charge in [0, 0.05) is 12.6 Å². The molecule has 5 heteroatoms. The third kappa shape index (κ3) is 2.66. The average Bonchev–Trinajstić information content (AvgIpc) is 2.44. The van der Waals surface area contributed by atoms with E-state index in [0.29, 0.717) is 13.0 Å². The van der Waals surface area contributed by atoms with Crippen LogP contribution in [0.1, 0.15) is 29.7 Å². The predicted molar refractivity (Wildman–Crippen MR) is 74.3 cm³/mol. The van der Waals surface area contributed by atoms with Gasteiger partial charge in [-0.05, 0) is 36.1 Å². The lowest BCUT2D eigenvalue weighted by molar-refractivity contribution is -0.134. The minimum Gasteiger partial charge on any atom is -0.466 e. The molecule has 0 fully saturated rings. The molecule has 20 heavy (non-hydrogen) atoms. The summed E-state index contributed by atoms with van der Waals surface area (Å²) < 4.78 is 4.57. The van der Waals surface area contributed by atoms with E-state index in [9.17, 15) is 9.59 Å². The second-order valence-corrected chi connectivity index (χ2v) is 4.67. The Bertz CT molecular complexity index is 565. The summed E-state index contributed by atoms with van der Waals surface area (Å²) in [6, 6.07) is 5.55. The molecule has 0 spiro atoms. The Morgan fingerprint density at radius 3 is 2.85 bits per heavy atom. The van der Waals surface area contributed by atoms with Gasteiger partial charge < -0.3 is 14.7 Å². The number of carboxylic acid groups (broad SMARTS) is 1. The number of rotatable bonds is 2. The van der Waals surface area contributed by atoms with Gasteiger partial charge in [0.05, 0.1) is 13.2 Å². The van der Waals surface area contributed by atoms with Crippen LogP contribution in [0.2, 0.25) is 0 Å². The highest BCUT2D eigenvalue weighted by Gasteiger charge is 2.27. The van der Waals surface area contributed by atoms with Gasteiger partial charge in [0.2, 0.25) is 0 Å². The molecule has 0 bridgehead atoms. The van der Waals surface area contributed by atoms with E-state index in [0.717, 1.165) is 16.7 Å². The van der Waals surface area contributed by atoms with Crippen molar-refractivity contribution in [2.24, 2.45) is 0 Å². The second-order valence-electron chi connectivity index (χ2n) is 4.67. The maximum absolute atomic E-state index is 11.2. The third-order valence-electron chi connectivity index (χ3n) is 3.61. The zero-order valence-electron chi connectivity index (χ0n) is 11.5. The summed E-state index contributed by atoms with van der Waals surface area (Å²) in [5.74, 6) is -0.404. The molecule has 1 aromatic carbocycles. The van der Waals surface area contributed by atoms with Gasteiger partial charge in [-0.3, -0.25) is 0 Å². The number of hydrogen-bond donors (Lipinski definition) is 1. The Morgan fingerprint density at radius 2 is 2.20 bits per heavy atom. The normalized spacial score (nSPS) is 17.9. The average molecular weight is 275 g/mol. The van der Waals surface area contributed by atoms with E-state index in [1.807, 2.05) is 25.1 Å². The minimum atomic E-state index is -0.904. The van der Waals surface area contributed by atoms with Gasteiger partial charge in [-0.15, -0.1) is 0 Å². The number of nitrogens with zero attached hydrogens (tertiary/aromatic N) is 1. The molecule has 1 N–H and O–H groups in total. The lowest BCUT2D eigenvalue weighted by Gasteiger charge is -2.33. The number of fused-ring (bicyclic) bond motifs is 1. The molecule has 0 saturated heterocycles. The Hall–Kier alpha value is -2.30. The molecular weight excluding hydrogens is 258 g/mol. The number of hydrogen-bond acceptors (Lipinski definition) is 3. The summed E-state index contributed by atoms with van der Waals surface area (Å²) in [6.07, 6.45) is 2.84. The Kier molecular flexibility index (Phi) is 4.08. The van der Waals surface area contributed by atoms with Crippen LogP contribution in [0, 0.1) is 0 Å². The monoisotopic (exact) mass is 275 g/mol. The van der Waals surface area contributed by atoms with E-state index in [1.165, 1.54) is 18.1 Å². The van der Waals surface area contributed by atoms with Gasteiger partial charge in [0.1, 0.15) is 0 Å². The van der Waals surface area contributed by atoms with Crippen molar-refractivity contribution in [3.8, 4) is 0 Å². The zero-order valence-corrected chi connectivity index (χ0v) is 11.5. The van der Waals surface area contributed by atoms with Crippen molar-refractivity contribution in [1.29, 1.82) is 0 Å². The summed E-state index contributed by atoms with van der Waals surface area (Å²) in [4.78, 5) is 23.8. The van der Waals surface area contributed by atoms with E-state index < -0.39 is 12.1 Å². The highest BCUT2D eigenvalue weighted by molar-refractivity contribution is 5.87. The van der Waals surface area contributed by atoms with Gasteiger partial charge in [-0.1, -0.05) is 18.2 Å². The van der Waals surface area contributed by atoms with E-state index >= 15 is 0 Å². The van der Waals surface area contributed by atoms with Crippen molar-refractivity contribution in [3.05, 3.63) is 41.0 Å². The quantitative estimate of drug-likeness (QED) is 0.665. The summed E-state index contributed by atoms with van der Waals surface area (Å²) >= 11 is 0. The topological polar surface area (TPSA) is 66.8 Å². The third-order valence-corrected chi connectivity index (χ3v) is 3.61. The first kappa shape index (κ1) is 14.1. The van der Waals surface area contributed by atoms with Gasteiger partial charge in [0.15, 0.2) is 0 Å². The fourth-order valence-corrected chi connectivity index (χ4v) is 2.54. The van der Waals surface area contributed by atoms with E-state index in [4.69, 9.17) is 5.11 Å². The van der Waals surface area contributed by atoms with Crippen molar-refractivity contribution in [2.75, 3.05) is 13.7 Å². The fraction of sp³-hybridized carbons (Fsp3) is 0.333. The highest BCUT2D eigenvalue weighted by Crippen LogP contribution is 2.31. The molecule has 0 aliphatic carbocycles. The first-order valence-corrected chi connectivity index (χ1v) is 6.42. The first-order chi connectivity index (χ1) is 9.54. The molecule has 1 atom stereocenters. The molecule has 5 nitrogen and oxygen atoms in total. The molecule has 0 aromatic heterocycles. The summed E-state index contributed by atoms with van der Waals surface area (Å²) in [5, 5.41) is 9.16. The standard InChI is InChI=1S/C15H17NO4/c1-10-12-5-3-4-11(6-7-14(17)20-2)13(12)8-9-16(10)15(18)19/h3-7,10H,8-9H2,1-2H3,(H,18,19)/b7-6+/t10-/m0/s1. The Morgan fingerprint density at radius 1 is 1.45 bits per heavy atom. The van der Waals surface area contributed by atoms with Crippen LogP contribution in [-0.2, 0) is 16.0 Å². The van der Waals surface area contributed by atoms with Crippen molar-refractivity contribution in [1.82, 2.24) is 4.90 Å². The zero-order chi connectivity index (χ0) is 14.7. The molecule has 1 aliphatic heterocycles. The first-order valence-electron chi connectivity index (χ1n) is 6.42. The number of benzene rings is 1. The smallest absolute Gasteiger partial charge is 0.407 e. The Labute approximate surface area is 117 Å². The van der Waals surface area contributed by atoms with E-state index in [2.05, 4.69) is 4.74 Å². The van der Waals surface area contributed by atoms with E-state index in [1.54, 1.807) is 6.08 Å². The maximum atomic E-state index is 11.2. The SMILES string of the molecule is COC(=O)/C=C/c1cccc2c1CCN(C(=O)O)[C@H]2C. The van der Waals surface area contributed by atoms with Crippen LogP contribution in [0.5, 0.6) is 0 Å². The molecule has 1 heterocycles. The number of esters is 1. The number of carbonyl (C=O) groups excluding carboxylic acids is 1. The van der Waals surface area contributed by atoms with Gasteiger partial charge >= 0.3 is 12.1 Å². The number of carbonyl (C=O) groups is 2. The van der Waals surface area contributed by atoms with Gasteiger partial charge in [0.25, 0.3) is 0 Å². The predicted octanol–water partition coefficient (Wildman–Crippen LogP) is 2.47. The molecule has 0 radical (unpaired) electrons. The van der Waals surface area contributed by atoms with Crippen molar-refractivity contribution >= 4 is 18.1 Å². The van der Waals surface area contributed by atoms with Crippen LogP contribution in [0.3, 0.4) is 0 Å². The molecule has 1 amide bonds. The fourth-order valence-electron chi connectivity index (χ4n) is 2.54. The second kappa shape index (κ2) is 5.77. The molecule has 0 unspecified atom stereocenters. The summed E-state index contributed by atoms with van der Waals surface area (Å²) in [5.41, 5.74) is 3.02.